The van der Waals surface area contributed by atoms with Gasteiger partial charge in [0.15, 0.2) is 0 Å². The van der Waals surface area contributed by atoms with Gasteiger partial charge in [-0.25, -0.2) is 4.39 Å². The molecule has 0 atom stereocenters. The van der Waals surface area contributed by atoms with Gasteiger partial charge in [-0.15, -0.1) is 0 Å². The molecule has 0 radical (unpaired) electrons. The number of nitrogen functional groups attached to an aromatic ring is 1. The number of nitrogens with two attached hydrogens (primary N) is 1. The first-order valence-electron chi connectivity index (χ1n) is 6.17. The van der Waals surface area contributed by atoms with Crippen LogP contribution in [0.25, 0.3) is 11.3 Å². The van der Waals surface area contributed by atoms with Crippen molar-refractivity contribution >= 4 is 11.5 Å². The Morgan fingerprint density at radius 2 is 2.05 bits per heavy atom. The Morgan fingerprint density at radius 3 is 2.74 bits per heavy atom. The molecule has 19 heavy (non-hydrogen) atoms. The van der Waals surface area contributed by atoms with Gasteiger partial charge in [-0.3, -0.25) is 5.10 Å². The maximum Gasteiger partial charge on any atom is 0.145 e. The van der Waals surface area contributed by atoms with Crippen LogP contribution in [0.4, 0.5) is 15.9 Å². The molecule has 5 nitrogen and oxygen atoms in total. The van der Waals surface area contributed by atoms with E-state index in [0.717, 1.165) is 30.0 Å². The SMILES string of the molecule is Nc1cc(-c2cc(F)ccc2N2CCOCC2)[nH]n1. The zero-order valence-electron chi connectivity index (χ0n) is 10.4. The summed E-state index contributed by atoms with van der Waals surface area (Å²) in [6.45, 7) is 2.95. The summed E-state index contributed by atoms with van der Waals surface area (Å²) in [5.74, 6) is 0.118. The van der Waals surface area contributed by atoms with E-state index in [-0.39, 0.29) is 5.82 Å². The summed E-state index contributed by atoms with van der Waals surface area (Å²) in [5.41, 5.74) is 8.07. The van der Waals surface area contributed by atoms with Crippen LogP contribution in [0.1, 0.15) is 0 Å². The first kappa shape index (κ1) is 12.0. The standard InChI is InChI=1S/C13H15FN4O/c14-9-1-2-12(18-3-5-19-6-4-18)10(7-9)11-8-13(15)17-16-11/h1-2,7-8H,3-6H2,(H3,15,16,17). The number of halogens is 1. The minimum atomic E-state index is -0.278. The quantitative estimate of drug-likeness (QED) is 0.863. The third-order valence-electron chi connectivity index (χ3n) is 3.20. The highest BCUT2D eigenvalue weighted by molar-refractivity contribution is 5.77. The van der Waals surface area contributed by atoms with Gasteiger partial charge < -0.3 is 15.4 Å². The minimum Gasteiger partial charge on any atom is -0.382 e. The maximum absolute atomic E-state index is 13.5. The smallest absolute Gasteiger partial charge is 0.145 e. The molecule has 3 rings (SSSR count). The summed E-state index contributed by atoms with van der Waals surface area (Å²) in [7, 11) is 0. The molecule has 100 valence electrons. The number of H-pyrrole nitrogens is 1. The number of anilines is 2. The minimum absolute atomic E-state index is 0.278. The fraction of sp³-hybridized carbons (Fsp3) is 0.308. The van der Waals surface area contributed by atoms with Crippen molar-refractivity contribution in [1.82, 2.24) is 10.2 Å². The van der Waals surface area contributed by atoms with E-state index in [1.807, 2.05) is 0 Å². The van der Waals surface area contributed by atoms with E-state index in [1.165, 1.54) is 12.1 Å². The third kappa shape index (κ3) is 2.39. The Bertz CT molecular complexity index is 578. The molecule has 0 bridgehead atoms. The molecule has 1 saturated heterocycles. The summed E-state index contributed by atoms with van der Waals surface area (Å²) in [4.78, 5) is 2.18. The normalized spacial score (nSPS) is 15.7. The highest BCUT2D eigenvalue weighted by Gasteiger charge is 2.17. The summed E-state index contributed by atoms with van der Waals surface area (Å²) < 4.78 is 18.8. The molecule has 6 heteroatoms. The average Bonchev–Trinajstić information content (AvgIpc) is 2.86. The van der Waals surface area contributed by atoms with Gasteiger partial charge in [0.2, 0.25) is 0 Å². The fourth-order valence-electron chi connectivity index (χ4n) is 2.28. The number of morpholine rings is 1. The summed E-state index contributed by atoms with van der Waals surface area (Å²) in [6.07, 6.45) is 0. The number of aromatic amines is 1. The molecule has 1 aromatic heterocycles. The lowest BCUT2D eigenvalue weighted by Crippen LogP contribution is -2.36. The zero-order chi connectivity index (χ0) is 13.2. The van der Waals surface area contributed by atoms with Crippen LogP contribution in [0.3, 0.4) is 0 Å². The Hall–Kier alpha value is -2.08. The molecule has 0 aliphatic carbocycles. The molecule has 1 aliphatic rings. The molecular weight excluding hydrogens is 247 g/mol. The van der Waals surface area contributed by atoms with E-state index in [9.17, 15) is 4.39 Å². The van der Waals surface area contributed by atoms with Crippen molar-refractivity contribution in [2.75, 3.05) is 36.9 Å². The first-order valence-corrected chi connectivity index (χ1v) is 6.17. The molecule has 2 aromatic rings. The van der Waals surface area contributed by atoms with Crippen LogP contribution in [-0.2, 0) is 4.74 Å². The van der Waals surface area contributed by atoms with Crippen LogP contribution in [0.5, 0.6) is 0 Å². The van der Waals surface area contributed by atoms with E-state index < -0.39 is 0 Å². The first-order chi connectivity index (χ1) is 9.24. The molecule has 0 amide bonds. The molecule has 1 fully saturated rings. The molecule has 0 saturated carbocycles. The van der Waals surface area contributed by atoms with Crippen molar-refractivity contribution < 1.29 is 9.13 Å². The van der Waals surface area contributed by atoms with Gasteiger partial charge in [-0.2, -0.15) is 5.10 Å². The second-order valence-electron chi connectivity index (χ2n) is 4.47. The number of nitrogens with one attached hydrogen (secondary N) is 1. The Balaban J connectivity index is 2.03. The second-order valence-corrected chi connectivity index (χ2v) is 4.47. The molecule has 0 spiro atoms. The number of benzene rings is 1. The van der Waals surface area contributed by atoms with E-state index in [2.05, 4.69) is 15.1 Å². The highest BCUT2D eigenvalue weighted by Crippen LogP contribution is 2.31. The predicted octanol–water partition coefficient (Wildman–Crippen LogP) is 1.63. The monoisotopic (exact) mass is 262 g/mol. The number of hydrogen-bond acceptors (Lipinski definition) is 4. The van der Waals surface area contributed by atoms with Gasteiger partial charge in [-0.05, 0) is 18.2 Å². The lowest BCUT2D eigenvalue weighted by atomic mass is 10.1. The summed E-state index contributed by atoms with van der Waals surface area (Å²) >= 11 is 0. The van der Waals surface area contributed by atoms with E-state index in [4.69, 9.17) is 10.5 Å². The van der Waals surface area contributed by atoms with E-state index in [0.29, 0.717) is 19.0 Å². The van der Waals surface area contributed by atoms with Gasteiger partial charge in [0, 0.05) is 30.4 Å². The summed E-state index contributed by atoms with van der Waals surface area (Å²) in [5, 5.41) is 6.72. The zero-order valence-corrected chi connectivity index (χ0v) is 10.4. The Morgan fingerprint density at radius 1 is 1.26 bits per heavy atom. The van der Waals surface area contributed by atoms with Crippen molar-refractivity contribution in [3.63, 3.8) is 0 Å². The van der Waals surface area contributed by atoms with Crippen molar-refractivity contribution in [3.8, 4) is 11.3 Å². The van der Waals surface area contributed by atoms with Crippen LogP contribution in [0.2, 0.25) is 0 Å². The average molecular weight is 262 g/mol. The molecule has 1 aliphatic heterocycles. The van der Waals surface area contributed by atoms with Crippen LogP contribution in [-0.4, -0.2) is 36.5 Å². The lowest BCUT2D eigenvalue weighted by molar-refractivity contribution is 0.123. The van der Waals surface area contributed by atoms with Crippen LogP contribution >= 0.6 is 0 Å². The number of nitrogens with zero attached hydrogens (tertiary/aromatic N) is 2. The van der Waals surface area contributed by atoms with Crippen molar-refractivity contribution in [3.05, 3.63) is 30.1 Å². The largest absolute Gasteiger partial charge is 0.382 e. The molecule has 1 aromatic carbocycles. The number of rotatable bonds is 2. The molecule has 2 heterocycles. The Kier molecular flexibility index (Phi) is 3.08. The fourth-order valence-corrected chi connectivity index (χ4v) is 2.28. The maximum atomic E-state index is 13.5. The van der Waals surface area contributed by atoms with Gasteiger partial charge in [0.1, 0.15) is 11.6 Å². The lowest BCUT2D eigenvalue weighted by Gasteiger charge is -2.30. The predicted molar refractivity (Wildman–Crippen MR) is 71.4 cm³/mol. The van der Waals surface area contributed by atoms with Gasteiger partial charge >= 0.3 is 0 Å². The molecule has 3 N–H and O–H groups in total. The topological polar surface area (TPSA) is 67.2 Å². The van der Waals surface area contributed by atoms with Crippen LogP contribution in [0, 0.1) is 5.82 Å². The number of hydrogen-bond donors (Lipinski definition) is 2. The van der Waals surface area contributed by atoms with Crippen LogP contribution < -0.4 is 10.6 Å². The molecular formula is C13H15FN4O. The van der Waals surface area contributed by atoms with Crippen molar-refractivity contribution in [2.24, 2.45) is 0 Å². The van der Waals surface area contributed by atoms with Crippen LogP contribution in [0.15, 0.2) is 24.3 Å². The number of aromatic nitrogens is 2. The molecule has 0 unspecified atom stereocenters. The second kappa shape index (κ2) is 4.89. The Labute approximate surface area is 110 Å². The van der Waals surface area contributed by atoms with Gasteiger partial charge in [-0.1, -0.05) is 0 Å². The van der Waals surface area contributed by atoms with Crippen molar-refractivity contribution in [1.29, 1.82) is 0 Å². The van der Waals surface area contributed by atoms with E-state index in [1.54, 1.807) is 12.1 Å². The van der Waals surface area contributed by atoms with E-state index >= 15 is 0 Å². The third-order valence-corrected chi connectivity index (χ3v) is 3.20. The van der Waals surface area contributed by atoms with Crippen molar-refractivity contribution in [2.45, 2.75) is 0 Å². The highest BCUT2D eigenvalue weighted by atomic mass is 19.1. The number of ether oxygens (including phenoxy) is 1. The summed E-state index contributed by atoms with van der Waals surface area (Å²) in [6, 6.07) is 6.46. The van der Waals surface area contributed by atoms with Gasteiger partial charge in [0.05, 0.1) is 18.9 Å². The van der Waals surface area contributed by atoms with Gasteiger partial charge in [0.25, 0.3) is 0 Å².